The van der Waals surface area contributed by atoms with Crippen molar-refractivity contribution in [3.8, 4) is 0 Å². The molecule has 0 aliphatic carbocycles. The molecule has 14 heavy (non-hydrogen) atoms. The fraction of sp³-hybridized carbons (Fsp3) is 0.889. The topological polar surface area (TPSA) is 61.5 Å². The summed E-state index contributed by atoms with van der Waals surface area (Å²) < 4.78 is 9.84. The molecule has 0 aromatic rings. The lowest BCUT2D eigenvalue weighted by molar-refractivity contribution is -0.142. The molecule has 0 saturated carbocycles. The van der Waals surface area contributed by atoms with Gasteiger partial charge in [-0.3, -0.25) is 4.79 Å². The molecule has 1 aliphatic rings. The molecule has 0 bridgehead atoms. The standard InChI is InChI=1S/C9H17NO3.ClH/c1-12-9(11)8(10)5-7-3-2-4-13-6-7;/h7-8H,2-6,10H2,1H3;1H. The van der Waals surface area contributed by atoms with Gasteiger partial charge in [0, 0.05) is 13.2 Å². The van der Waals surface area contributed by atoms with Crippen molar-refractivity contribution in [1.29, 1.82) is 0 Å². The lowest BCUT2D eigenvalue weighted by Crippen LogP contribution is -2.35. The van der Waals surface area contributed by atoms with E-state index in [2.05, 4.69) is 4.74 Å². The molecule has 0 aromatic heterocycles. The van der Waals surface area contributed by atoms with Crippen molar-refractivity contribution >= 4 is 18.4 Å². The van der Waals surface area contributed by atoms with Crippen molar-refractivity contribution in [2.75, 3.05) is 20.3 Å². The number of halogens is 1. The van der Waals surface area contributed by atoms with Crippen LogP contribution in [0.4, 0.5) is 0 Å². The van der Waals surface area contributed by atoms with E-state index in [1.165, 1.54) is 7.11 Å². The highest BCUT2D eigenvalue weighted by molar-refractivity contribution is 5.85. The maximum Gasteiger partial charge on any atom is 0.322 e. The average molecular weight is 224 g/mol. The third kappa shape index (κ3) is 4.26. The summed E-state index contributed by atoms with van der Waals surface area (Å²) in [5, 5.41) is 0. The molecule has 1 saturated heterocycles. The van der Waals surface area contributed by atoms with Crippen molar-refractivity contribution in [2.45, 2.75) is 25.3 Å². The van der Waals surface area contributed by atoms with Gasteiger partial charge < -0.3 is 15.2 Å². The molecule has 1 rings (SSSR count). The summed E-state index contributed by atoms with van der Waals surface area (Å²) in [7, 11) is 1.36. The Labute approximate surface area is 90.5 Å². The lowest BCUT2D eigenvalue weighted by atomic mass is 9.95. The Morgan fingerprint density at radius 1 is 1.71 bits per heavy atom. The fourth-order valence-corrected chi connectivity index (χ4v) is 1.60. The lowest BCUT2D eigenvalue weighted by Gasteiger charge is -2.23. The van der Waals surface area contributed by atoms with Gasteiger partial charge in [-0.1, -0.05) is 0 Å². The molecule has 2 N–H and O–H groups in total. The summed E-state index contributed by atoms with van der Waals surface area (Å²) in [5.74, 6) is 0.0911. The van der Waals surface area contributed by atoms with Gasteiger partial charge in [-0.25, -0.2) is 0 Å². The van der Waals surface area contributed by atoms with Crippen molar-refractivity contribution in [2.24, 2.45) is 11.7 Å². The van der Waals surface area contributed by atoms with Crippen molar-refractivity contribution in [1.82, 2.24) is 0 Å². The molecule has 0 aromatic carbocycles. The Balaban J connectivity index is 0.00000169. The van der Waals surface area contributed by atoms with Crippen LogP contribution in [0, 0.1) is 5.92 Å². The number of esters is 1. The second-order valence-corrected chi connectivity index (χ2v) is 3.45. The molecule has 5 heteroatoms. The first-order valence-electron chi connectivity index (χ1n) is 4.65. The zero-order valence-electron chi connectivity index (χ0n) is 8.40. The van der Waals surface area contributed by atoms with E-state index >= 15 is 0 Å². The molecule has 0 spiro atoms. The van der Waals surface area contributed by atoms with E-state index in [4.69, 9.17) is 10.5 Å². The Morgan fingerprint density at radius 3 is 2.93 bits per heavy atom. The normalized spacial score (nSPS) is 23.4. The van der Waals surface area contributed by atoms with Crippen LogP contribution in [0.5, 0.6) is 0 Å². The monoisotopic (exact) mass is 223 g/mol. The van der Waals surface area contributed by atoms with Gasteiger partial charge in [-0.05, 0) is 25.2 Å². The summed E-state index contributed by atoms with van der Waals surface area (Å²) in [6, 6.07) is -0.489. The predicted octanol–water partition coefficient (Wildman–Crippen LogP) is 0.725. The van der Waals surface area contributed by atoms with Crippen molar-refractivity contribution in [3.63, 3.8) is 0 Å². The third-order valence-corrected chi connectivity index (χ3v) is 2.35. The van der Waals surface area contributed by atoms with E-state index in [0.717, 1.165) is 26.1 Å². The molecular weight excluding hydrogens is 206 g/mol. The third-order valence-electron chi connectivity index (χ3n) is 2.35. The van der Waals surface area contributed by atoms with Crippen LogP contribution in [-0.4, -0.2) is 32.3 Å². The van der Waals surface area contributed by atoms with Crippen LogP contribution in [0.25, 0.3) is 0 Å². The van der Waals surface area contributed by atoms with Crippen molar-refractivity contribution < 1.29 is 14.3 Å². The van der Waals surface area contributed by atoms with Gasteiger partial charge in [0.15, 0.2) is 0 Å². The van der Waals surface area contributed by atoms with E-state index in [1.807, 2.05) is 0 Å². The molecular formula is C9H18ClNO3. The molecule has 2 unspecified atom stereocenters. The van der Waals surface area contributed by atoms with Gasteiger partial charge in [-0.15, -0.1) is 12.4 Å². The first kappa shape index (κ1) is 13.7. The Bertz CT molecular complexity index is 171. The van der Waals surface area contributed by atoms with Crippen LogP contribution in [-0.2, 0) is 14.3 Å². The first-order valence-corrected chi connectivity index (χ1v) is 4.65. The summed E-state index contributed by atoms with van der Waals surface area (Å²) >= 11 is 0. The largest absolute Gasteiger partial charge is 0.468 e. The van der Waals surface area contributed by atoms with Crippen LogP contribution < -0.4 is 5.73 Å². The molecule has 2 atom stereocenters. The SMILES string of the molecule is COC(=O)C(N)CC1CCCOC1.Cl. The number of hydrogen-bond donors (Lipinski definition) is 1. The van der Waals surface area contributed by atoms with E-state index in [1.54, 1.807) is 0 Å². The minimum Gasteiger partial charge on any atom is -0.468 e. The van der Waals surface area contributed by atoms with Gasteiger partial charge in [0.25, 0.3) is 0 Å². The first-order chi connectivity index (χ1) is 6.24. The minimum atomic E-state index is -0.489. The highest BCUT2D eigenvalue weighted by Gasteiger charge is 2.21. The van der Waals surface area contributed by atoms with Crippen molar-refractivity contribution in [3.05, 3.63) is 0 Å². The summed E-state index contributed by atoms with van der Waals surface area (Å²) in [6.45, 7) is 1.56. The Morgan fingerprint density at radius 2 is 2.43 bits per heavy atom. The zero-order valence-corrected chi connectivity index (χ0v) is 9.22. The molecule has 1 aliphatic heterocycles. The fourth-order valence-electron chi connectivity index (χ4n) is 1.60. The summed E-state index contributed by atoms with van der Waals surface area (Å²) in [6.07, 6.45) is 2.84. The molecule has 1 fully saturated rings. The number of methoxy groups -OCH3 is 1. The number of nitrogens with two attached hydrogens (primary N) is 1. The number of carbonyl (C=O) groups excluding carboxylic acids is 1. The highest BCUT2D eigenvalue weighted by atomic mass is 35.5. The van der Waals surface area contributed by atoms with Gasteiger partial charge >= 0.3 is 5.97 Å². The molecule has 1 heterocycles. The van der Waals surface area contributed by atoms with Gasteiger partial charge in [0.1, 0.15) is 6.04 Å². The Kier molecular flexibility index (Phi) is 6.87. The quantitative estimate of drug-likeness (QED) is 0.717. The summed E-state index contributed by atoms with van der Waals surface area (Å²) in [4.78, 5) is 11.0. The number of ether oxygens (including phenoxy) is 2. The minimum absolute atomic E-state index is 0. The van der Waals surface area contributed by atoms with Crippen LogP contribution in [0.1, 0.15) is 19.3 Å². The van der Waals surface area contributed by atoms with Gasteiger partial charge in [-0.2, -0.15) is 0 Å². The van der Waals surface area contributed by atoms with Gasteiger partial charge in [0.2, 0.25) is 0 Å². The van der Waals surface area contributed by atoms with Crippen LogP contribution in [0.15, 0.2) is 0 Å². The number of hydrogen-bond acceptors (Lipinski definition) is 4. The molecule has 0 radical (unpaired) electrons. The number of rotatable bonds is 3. The predicted molar refractivity (Wildman–Crippen MR) is 55.4 cm³/mol. The average Bonchev–Trinajstić information content (AvgIpc) is 2.18. The Hall–Kier alpha value is -0.320. The molecule has 84 valence electrons. The van der Waals surface area contributed by atoms with E-state index in [9.17, 15) is 4.79 Å². The molecule has 4 nitrogen and oxygen atoms in total. The molecule has 0 amide bonds. The second-order valence-electron chi connectivity index (χ2n) is 3.45. The second kappa shape index (κ2) is 7.04. The smallest absolute Gasteiger partial charge is 0.322 e. The maximum atomic E-state index is 11.0. The van der Waals surface area contributed by atoms with Gasteiger partial charge in [0.05, 0.1) is 7.11 Å². The zero-order chi connectivity index (χ0) is 9.68. The van der Waals surface area contributed by atoms with Crippen LogP contribution in [0.2, 0.25) is 0 Å². The van der Waals surface area contributed by atoms with E-state index in [-0.39, 0.29) is 18.4 Å². The van der Waals surface area contributed by atoms with E-state index < -0.39 is 6.04 Å². The summed E-state index contributed by atoms with van der Waals surface area (Å²) in [5.41, 5.74) is 5.63. The van der Waals surface area contributed by atoms with E-state index in [0.29, 0.717) is 12.3 Å². The van der Waals surface area contributed by atoms with Crippen LogP contribution in [0.3, 0.4) is 0 Å². The highest BCUT2D eigenvalue weighted by Crippen LogP contribution is 2.18. The maximum absolute atomic E-state index is 11.0. The van der Waals surface area contributed by atoms with Crippen LogP contribution >= 0.6 is 12.4 Å². The number of carbonyl (C=O) groups is 1.